The van der Waals surface area contributed by atoms with Gasteiger partial charge in [-0.1, -0.05) is 47.5 Å². The van der Waals surface area contributed by atoms with E-state index in [1.165, 1.54) is 0 Å². The number of methoxy groups -OCH3 is 1. The van der Waals surface area contributed by atoms with Crippen molar-refractivity contribution in [2.24, 2.45) is 0 Å². The van der Waals surface area contributed by atoms with Crippen LogP contribution in [-0.4, -0.2) is 36.4 Å². The molecule has 3 aromatic carbocycles. The summed E-state index contributed by atoms with van der Waals surface area (Å²) in [5.74, 6) is 0.716. The van der Waals surface area contributed by atoms with Crippen LogP contribution in [0, 0.1) is 0 Å². The van der Waals surface area contributed by atoms with Crippen molar-refractivity contribution in [3.8, 4) is 5.75 Å². The van der Waals surface area contributed by atoms with Crippen LogP contribution in [0.1, 0.15) is 40.2 Å². The second-order valence-corrected chi connectivity index (χ2v) is 9.75. The average molecular weight is 481 g/mol. The van der Waals surface area contributed by atoms with Gasteiger partial charge in [-0.25, -0.2) is 0 Å². The Hall–Kier alpha value is -2.53. The minimum atomic E-state index is -0.339. The van der Waals surface area contributed by atoms with Crippen LogP contribution in [0.4, 0.5) is 5.69 Å². The van der Waals surface area contributed by atoms with Crippen LogP contribution in [0.2, 0.25) is 10.0 Å². The number of ketones is 1. The standard InChI is InChI=1S/C27H26Cl2N2O2/c1-33-21-9-6-18(7-10-21)25-26(32)22-4-2-3-5-24(22)30-27(25)12-14-31(15-13-27)17-19-16-20(28)8-11-23(19)29/h2-11,16,25,30H,12-15,17H2,1H3. The Labute approximate surface area is 204 Å². The Bertz CT molecular complexity index is 1170. The van der Waals surface area contributed by atoms with Crippen molar-refractivity contribution in [3.63, 3.8) is 0 Å². The first-order valence-corrected chi connectivity index (χ1v) is 12.0. The summed E-state index contributed by atoms with van der Waals surface area (Å²) in [5, 5.41) is 5.22. The minimum Gasteiger partial charge on any atom is -0.497 e. The first-order valence-electron chi connectivity index (χ1n) is 11.2. The molecular formula is C27H26Cl2N2O2. The molecule has 2 heterocycles. The van der Waals surface area contributed by atoms with Gasteiger partial charge in [-0.15, -0.1) is 0 Å². The van der Waals surface area contributed by atoms with Crippen LogP contribution in [0.5, 0.6) is 5.75 Å². The second-order valence-electron chi connectivity index (χ2n) is 8.91. The monoisotopic (exact) mass is 480 g/mol. The van der Waals surface area contributed by atoms with Gasteiger partial charge in [0.25, 0.3) is 0 Å². The number of anilines is 1. The summed E-state index contributed by atoms with van der Waals surface area (Å²) in [6.07, 6.45) is 1.70. The lowest BCUT2D eigenvalue weighted by atomic mass is 9.67. The third kappa shape index (κ3) is 4.23. The molecule has 0 saturated carbocycles. The summed E-state index contributed by atoms with van der Waals surface area (Å²) in [7, 11) is 1.65. The first kappa shape index (κ1) is 22.3. The van der Waals surface area contributed by atoms with E-state index >= 15 is 0 Å². The van der Waals surface area contributed by atoms with E-state index in [9.17, 15) is 4.79 Å². The SMILES string of the molecule is COc1ccc(C2C(=O)c3ccccc3NC23CCN(Cc2cc(Cl)ccc2Cl)CC3)cc1. The molecule has 1 N–H and O–H groups in total. The number of para-hydroxylation sites is 1. The van der Waals surface area contributed by atoms with E-state index in [4.69, 9.17) is 27.9 Å². The molecule has 0 aromatic heterocycles. The number of carbonyl (C=O) groups excluding carboxylic acids is 1. The Morgan fingerprint density at radius 2 is 1.76 bits per heavy atom. The highest BCUT2D eigenvalue weighted by molar-refractivity contribution is 6.33. The molecule has 170 valence electrons. The van der Waals surface area contributed by atoms with Crippen molar-refractivity contribution in [3.05, 3.63) is 93.5 Å². The van der Waals surface area contributed by atoms with Gasteiger partial charge in [0.1, 0.15) is 5.75 Å². The number of likely N-dealkylation sites (tertiary alicyclic amines) is 1. The van der Waals surface area contributed by atoms with Crippen LogP contribution >= 0.6 is 23.2 Å². The van der Waals surface area contributed by atoms with Crippen molar-refractivity contribution in [1.29, 1.82) is 0 Å². The van der Waals surface area contributed by atoms with Crippen LogP contribution in [-0.2, 0) is 6.54 Å². The maximum absolute atomic E-state index is 13.8. The Morgan fingerprint density at radius 1 is 1.03 bits per heavy atom. The average Bonchev–Trinajstić information content (AvgIpc) is 2.83. The van der Waals surface area contributed by atoms with Crippen LogP contribution in [0.15, 0.2) is 66.7 Å². The fourth-order valence-corrected chi connectivity index (χ4v) is 5.62. The van der Waals surface area contributed by atoms with E-state index in [1.807, 2.05) is 66.7 Å². The number of Topliss-reactive ketones (excluding diaryl/α,β-unsaturated/α-hetero) is 1. The molecule has 2 aliphatic heterocycles. The zero-order chi connectivity index (χ0) is 23.0. The third-order valence-electron chi connectivity index (χ3n) is 6.99. The lowest BCUT2D eigenvalue weighted by molar-refractivity contribution is 0.0843. The lowest BCUT2D eigenvalue weighted by Gasteiger charge is -2.50. The molecule has 4 nitrogen and oxygen atoms in total. The number of ether oxygens (including phenoxy) is 1. The predicted octanol–water partition coefficient (Wildman–Crippen LogP) is 6.43. The number of hydrogen-bond donors (Lipinski definition) is 1. The smallest absolute Gasteiger partial charge is 0.174 e. The van der Waals surface area contributed by atoms with Gasteiger partial charge in [0, 0.05) is 40.9 Å². The molecule has 2 aliphatic rings. The fraction of sp³-hybridized carbons (Fsp3) is 0.296. The van der Waals surface area contributed by atoms with Crippen LogP contribution < -0.4 is 10.1 Å². The number of piperidine rings is 1. The number of nitrogens with one attached hydrogen (secondary N) is 1. The normalized spacial score (nSPS) is 19.7. The molecule has 1 spiro atoms. The van der Waals surface area contributed by atoms with Gasteiger partial charge in [-0.05, 0) is 66.4 Å². The Balaban J connectivity index is 1.44. The lowest BCUT2D eigenvalue weighted by Crippen LogP contribution is -2.56. The van der Waals surface area contributed by atoms with Crippen molar-refractivity contribution in [2.45, 2.75) is 30.8 Å². The molecule has 1 saturated heterocycles. The number of carbonyl (C=O) groups is 1. The second kappa shape index (κ2) is 9.02. The zero-order valence-corrected chi connectivity index (χ0v) is 20.0. The van der Waals surface area contributed by atoms with Crippen molar-refractivity contribution < 1.29 is 9.53 Å². The van der Waals surface area contributed by atoms with Gasteiger partial charge in [-0.2, -0.15) is 0 Å². The Kier molecular flexibility index (Phi) is 6.09. The molecule has 0 radical (unpaired) electrons. The highest BCUT2D eigenvalue weighted by Crippen LogP contribution is 2.46. The minimum absolute atomic E-state index is 0.181. The molecule has 0 bridgehead atoms. The van der Waals surface area contributed by atoms with Crippen molar-refractivity contribution in [1.82, 2.24) is 4.90 Å². The van der Waals surface area contributed by atoms with E-state index in [0.717, 1.165) is 65.6 Å². The molecule has 0 amide bonds. The maximum Gasteiger partial charge on any atom is 0.174 e. The number of halogens is 2. The van der Waals surface area contributed by atoms with Crippen LogP contribution in [0.3, 0.4) is 0 Å². The molecule has 1 atom stereocenters. The zero-order valence-electron chi connectivity index (χ0n) is 18.5. The molecule has 6 heteroatoms. The highest BCUT2D eigenvalue weighted by atomic mass is 35.5. The molecule has 3 aromatic rings. The molecule has 1 unspecified atom stereocenters. The summed E-state index contributed by atoms with van der Waals surface area (Å²) < 4.78 is 5.34. The first-order chi connectivity index (χ1) is 16.0. The number of nitrogens with zero attached hydrogens (tertiary/aromatic N) is 1. The molecular weight excluding hydrogens is 455 g/mol. The number of hydrogen-bond acceptors (Lipinski definition) is 4. The van der Waals surface area contributed by atoms with Gasteiger partial charge in [-0.3, -0.25) is 9.69 Å². The number of fused-ring (bicyclic) bond motifs is 1. The largest absolute Gasteiger partial charge is 0.497 e. The van der Waals surface area contributed by atoms with Crippen molar-refractivity contribution >= 4 is 34.7 Å². The van der Waals surface area contributed by atoms with E-state index < -0.39 is 0 Å². The Morgan fingerprint density at radius 3 is 2.48 bits per heavy atom. The summed E-state index contributed by atoms with van der Waals surface area (Å²) in [5.41, 5.74) is 3.41. The number of benzene rings is 3. The predicted molar refractivity (Wildman–Crippen MR) is 134 cm³/mol. The quantitative estimate of drug-likeness (QED) is 0.467. The summed E-state index contributed by atoms with van der Waals surface area (Å²) >= 11 is 12.6. The summed E-state index contributed by atoms with van der Waals surface area (Å²) in [6, 6.07) is 21.4. The summed E-state index contributed by atoms with van der Waals surface area (Å²) in [6.45, 7) is 2.46. The van der Waals surface area contributed by atoms with E-state index in [0.29, 0.717) is 5.02 Å². The molecule has 0 aliphatic carbocycles. The van der Waals surface area contributed by atoms with Gasteiger partial charge in [0.2, 0.25) is 0 Å². The topological polar surface area (TPSA) is 41.6 Å². The van der Waals surface area contributed by atoms with E-state index in [-0.39, 0.29) is 17.2 Å². The molecule has 1 fully saturated rings. The maximum atomic E-state index is 13.8. The molecule has 5 rings (SSSR count). The van der Waals surface area contributed by atoms with E-state index in [1.54, 1.807) is 7.11 Å². The van der Waals surface area contributed by atoms with E-state index in [2.05, 4.69) is 10.2 Å². The fourth-order valence-electron chi connectivity index (χ4n) is 5.25. The van der Waals surface area contributed by atoms with Gasteiger partial charge < -0.3 is 10.1 Å². The van der Waals surface area contributed by atoms with Gasteiger partial charge in [0.05, 0.1) is 18.6 Å². The molecule has 33 heavy (non-hydrogen) atoms. The van der Waals surface area contributed by atoms with Gasteiger partial charge in [0.15, 0.2) is 5.78 Å². The van der Waals surface area contributed by atoms with Crippen molar-refractivity contribution in [2.75, 3.05) is 25.5 Å². The van der Waals surface area contributed by atoms with Crippen LogP contribution in [0.25, 0.3) is 0 Å². The van der Waals surface area contributed by atoms with Gasteiger partial charge >= 0.3 is 0 Å². The third-order valence-corrected chi connectivity index (χ3v) is 7.59. The summed E-state index contributed by atoms with van der Waals surface area (Å²) in [4.78, 5) is 16.2. The highest BCUT2D eigenvalue weighted by Gasteiger charge is 2.49. The number of rotatable bonds is 4.